The summed E-state index contributed by atoms with van der Waals surface area (Å²) in [4.78, 5) is 0. The van der Waals surface area contributed by atoms with Gasteiger partial charge in [-0.25, -0.2) is 8.78 Å². The Bertz CT molecular complexity index is 558. The first-order valence-corrected chi connectivity index (χ1v) is 5.93. The quantitative estimate of drug-likeness (QED) is 0.723. The zero-order valence-electron chi connectivity index (χ0n) is 10.6. The van der Waals surface area contributed by atoms with Crippen molar-refractivity contribution < 1.29 is 13.5 Å². The molecule has 0 aliphatic rings. The van der Waals surface area contributed by atoms with E-state index in [1.807, 2.05) is 6.92 Å². The third-order valence-electron chi connectivity index (χ3n) is 2.82. The van der Waals surface area contributed by atoms with E-state index in [1.165, 1.54) is 24.3 Å². The van der Waals surface area contributed by atoms with Gasteiger partial charge in [-0.2, -0.15) is 0 Å². The van der Waals surface area contributed by atoms with Crippen LogP contribution in [-0.4, -0.2) is 0 Å². The highest BCUT2D eigenvalue weighted by atomic mass is 19.1. The van der Waals surface area contributed by atoms with Crippen LogP contribution in [0.5, 0.6) is 0 Å². The average molecular weight is 260 g/mol. The Balaban J connectivity index is 2.06. The number of hydrogen-bond donors (Lipinski definition) is 0. The summed E-state index contributed by atoms with van der Waals surface area (Å²) in [5.41, 5.74) is 1.57. The van der Waals surface area contributed by atoms with E-state index >= 15 is 0 Å². The van der Waals surface area contributed by atoms with Gasteiger partial charge in [0, 0.05) is 5.56 Å². The number of benzene rings is 2. The maximum Gasteiger partial charge on any atom is 0.123 e. The maximum absolute atomic E-state index is 12.8. The second kappa shape index (κ2) is 5.65. The zero-order chi connectivity index (χ0) is 13.8. The molecule has 3 heteroatoms. The largest absolute Gasteiger partial charge is 0.486 e. The van der Waals surface area contributed by atoms with Crippen molar-refractivity contribution in [2.24, 2.45) is 0 Å². The number of ether oxygens (including phenoxy) is 1. The summed E-state index contributed by atoms with van der Waals surface area (Å²) >= 11 is 0. The van der Waals surface area contributed by atoms with Crippen LogP contribution in [0.2, 0.25) is 0 Å². The van der Waals surface area contributed by atoms with Crippen LogP contribution in [0.1, 0.15) is 24.2 Å². The molecule has 0 saturated carbocycles. The molecule has 98 valence electrons. The minimum absolute atomic E-state index is 0.252. The minimum atomic E-state index is -0.303. The normalized spacial score (nSPS) is 11.9. The molecule has 0 N–H and O–H groups in total. The SMILES string of the molecule is C=C(OC(C)c1ccc(F)cc1)c1ccc(F)cc1. The molecule has 2 rings (SSSR count). The molecule has 0 aliphatic heterocycles. The van der Waals surface area contributed by atoms with Gasteiger partial charge in [0.25, 0.3) is 0 Å². The van der Waals surface area contributed by atoms with E-state index in [1.54, 1.807) is 24.3 Å². The molecule has 2 aromatic carbocycles. The van der Waals surface area contributed by atoms with Gasteiger partial charge in [-0.05, 0) is 48.9 Å². The summed E-state index contributed by atoms with van der Waals surface area (Å²) < 4.78 is 31.3. The molecule has 1 atom stereocenters. The van der Waals surface area contributed by atoms with Crippen LogP contribution in [0.25, 0.3) is 5.76 Å². The Kier molecular flexibility index (Phi) is 3.95. The van der Waals surface area contributed by atoms with Crippen molar-refractivity contribution in [1.82, 2.24) is 0 Å². The lowest BCUT2D eigenvalue weighted by Crippen LogP contribution is -1.99. The van der Waals surface area contributed by atoms with Crippen LogP contribution >= 0.6 is 0 Å². The van der Waals surface area contributed by atoms with E-state index in [0.29, 0.717) is 5.76 Å². The van der Waals surface area contributed by atoms with Crippen LogP contribution in [0.4, 0.5) is 8.78 Å². The summed E-state index contributed by atoms with van der Waals surface area (Å²) in [5, 5.41) is 0. The van der Waals surface area contributed by atoms with Gasteiger partial charge in [0.15, 0.2) is 0 Å². The van der Waals surface area contributed by atoms with Gasteiger partial charge in [-0.1, -0.05) is 18.7 Å². The predicted molar refractivity (Wildman–Crippen MR) is 71.3 cm³/mol. The summed E-state index contributed by atoms with van der Waals surface area (Å²) in [6, 6.07) is 12.0. The Morgan fingerprint density at radius 2 is 1.42 bits per heavy atom. The fraction of sp³-hybridized carbons (Fsp3) is 0.125. The third-order valence-corrected chi connectivity index (χ3v) is 2.82. The first kappa shape index (κ1) is 13.3. The standard InChI is InChI=1S/C16H14F2O/c1-11(13-3-7-15(17)8-4-13)19-12(2)14-5-9-16(18)10-6-14/h3-10,12H,1H2,2H3. The van der Waals surface area contributed by atoms with Crippen molar-refractivity contribution in [3.05, 3.63) is 77.9 Å². The van der Waals surface area contributed by atoms with E-state index in [-0.39, 0.29) is 17.7 Å². The third kappa shape index (κ3) is 3.41. The molecule has 0 fully saturated rings. The molecule has 0 aromatic heterocycles. The Hall–Kier alpha value is -2.16. The molecule has 2 aromatic rings. The molecule has 0 spiro atoms. The van der Waals surface area contributed by atoms with E-state index in [4.69, 9.17) is 4.74 Å². The molecule has 0 heterocycles. The highest BCUT2D eigenvalue weighted by Gasteiger charge is 2.09. The van der Waals surface area contributed by atoms with Crippen molar-refractivity contribution >= 4 is 5.76 Å². The molecular weight excluding hydrogens is 246 g/mol. The molecule has 0 aliphatic carbocycles. The Morgan fingerprint density at radius 1 is 0.947 bits per heavy atom. The average Bonchev–Trinajstić information content (AvgIpc) is 2.40. The van der Waals surface area contributed by atoms with Crippen molar-refractivity contribution in [3.8, 4) is 0 Å². The monoisotopic (exact) mass is 260 g/mol. The van der Waals surface area contributed by atoms with Crippen LogP contribution in [0.3, 0.4) is 0 Å². The van der Waals surface area contributed by atoms with Gasteiger partial charge in [-0.3, -0.25) is 0 Å². The highest BCUT2D eigenvalue weighted by Crippen LogP contribution is 2.24. The highest BCUT2D eigenvalue weighted by molar-refractivity contribution is 5.57. The topological polar surface area (TPSA) is 9.23 Å². The number of hydrogen-bond acceptors (Lipinski definition) is 1. The van der Waals surface area contributed by atoms with Crippen molar-refractivity contribution in [1.29, 1.82) is 0 Å². The maximum atomic E-state index is 12.8. The molecule has 0 saturated heterocycles. The summed E-state index contributed by atoms with van der Waals surface area (Å²) in [7, 11) is 0. The van der Waals surface area contributed by atoms with E-state index in [0.717, 1.165) is 11.1 Å². The first-order chi connectivity index (χ1) is 9.06. The van der Waals surface area contributed by atoms with Gasteiger partial charge in [0.2, 0.25) is 0 Å². The summed E-state index contributed by atoms with van der Waals surface area (Å²) in [6.07, 6.45) is -0.252. The van der Waals surface area contributed by atoms with Gasteiger partial charge in [0.05, 0.1) is 0 Å². The summed E-state index contributed by atoms with van der Waals surface area (Å²) in [5.74, 6) is -0.131. The van der Waals surface area contributed by atoms with E-state index in [9.17, 15) is 8.78 Å². The fourth-order valence-corrected chi connectivity index (χ4v) is 1.72. The molecule has 1 unspecified atom stereocenters. The smallest absolute Gasteiger partial charge is 0.123 e. The summed E-state index contributed by atoms with van der Waals surface area (Å²) in [6.45, 7) is 5.67. The second-order valence-electron chi connectivity index (χ2n) is 4.24. The van der Waals surface area contributed by atoms with Crippen molar-refractivity contribution in [2.75, 3.05) is 0 Å². The molecular formula is C16H14F2O. The van der Waals surface area contributed by atoms with Crippen LogP contribution in [0, 0.1) is 11.6 Å². The second-order valence-corrected chi connectivity index (χ2v) is 4.24. The van der Waals surface area contributed by atoms with Crippen molar-refractivity contribution in [3.63, 3.8) is 0 Å². The predicted octanol–water partition coefficient (Wildman–Crippen LogP) is 4.71. The first-order valence-electron chi connectivity index (χ1n) is 5.93. The fourth-order valence-electron chi connectivity index (χ4n) is 1.72. The number of halogens is 2. The lowest BCUT2D eigenvalue weighted by atomic mass is 10.1. The number of rotatable bonds is 4. The van der Waals surface area contributed by atoms with Crippen LogP contribution in [0.15, 0.2) is 55.1 Å². The zero-order valence-corrected chi connectivity index (χ0v) is 10.6. The van der Waals surface area contributed by atoms with Gasteiger partial charge in [0.1, 0.15) is 23.5 Å². The molecule has 19 heavy (non-hydrogen) atoms. The van der Waals surface area contributed by atoms with Gasteiger partial charge < -0.3 is 4.74 Å². The molecule has 0 bridgehead atoms. The van der Waals surface area contributed by atoms with Gasteiger partial charge in [-0.15, -0.1) is 0 Å². The Labute approximate surface area is 111 Å². The van der Waals surface area contributed by atoms with Crippen LogP contribution < -0.4 is 0 Å². The van der Waals surface area contributed by atoms with Crippen molar-refractivity contribution in [2.45, 2.75) is 13.0 Å². The van der Waals surface area contributed by atoms with Crippen LogP contribution in [-0.2, 0) is 4.74 Å². The van der Waals surface area contributed by atoms with E-state index in [2.05, 4.69) is 6.58 Å². The minimum Gasteiger partial charge on any atom is -0.486 e. The lowest BCUT2D eigenvalue weighted by Gasteiger charge is -2.17. The molecule has 1 nitrogen and oxygen atoms in total. The molecule has 0 amide bonds. The molecule has 0 radical (unpaired) electrons. The van der Waals surface area contributed by atoms with E-state index < -0.39 is 0 Å². The lowest BCUT2D eigenvalue weighted by molar-refractivity contribution is 0.189. The van der Waals surface area contributed by atoms with Gasteiger partial charge >= 0.3 is 0 Å². The Morgan fingerprint density at radius 3 is 1.95 bits per heavy atom.